The maximum atomic E-state index is 12.3. The topological polar surface area (TPSA) is 87.9 Å². The fourth-order valence-electron chi connectivity index (χ4n) is 3.04. The molecule has 0 atom stereocenters. The fraction of sp³-hybridized carbons (Fsp3) is 0.611. The van der Waals surface area contributed by atoms with Crippen LogP contribution in [0.3, 0.4) is 0 Å². The van der Waals surface area contributed by atoms with E-state index in [2.05, 4.69) is 15.0 Å². The Morgan fingerprint density at radius 2 is 1.90 bits per heavy atom. The molecule has 0 bridgehead atoms. The highest BCUT2D eigenvalue weighted by molar-refractivity contribution is 5.77. The Hall–Kier alpha value is -2.40. The second-order valence-corrected chi connectivity index (χ2v) is 6.69. The second kappa shape index (κ2) is 11.0. The summed E-state index contributed by atoms with van der Waals surface area (Å²) in [5.74, 6) is -0.0377. The second-order valence-electron chi connectivity index (χ2n) is 6.69. The lowest BCUT2D eigenvalue weighted by atomic mass is 10.2. The van der Waals surface area contributed by atoms with E-state index in [-0.39, 0.29) is 24.6 Å². The third kappa shape index (κ3) is 8.24. The molecule has 0 unspecified atom stereocenters. The number of carbonyl (C=O) groups excluding carboxylic acids is 1. The molecular formula is C18H25F3N4O4. The summed E-state index contributed by atoms with van der Waals surface area (Å²) in [6, 6.07) is 6.26. The van der Waals surface area contributed by atoms with Crippen molar-refractivity contribution in [3.8, 4) is 0 Å². The first-order valence-electron chi connectivity index (χ1n) is 9.38. The van der Waals surface area contributed by atoms with Crippen LogP contribution in [0.1, 0.15) is 12.8 Å². The van der Waals surface area contributed by atoms with Crippen molar-refractivity contribution < 1.29 is 27.6 Å². The van der Waals surface area contributed by atoms with Crippen LogP contribution >= 0.6 is 0 Å². The number of anilines is 1. The lowest BCUT2D eigenvalue weighted by molar-refractivity contribution is -0.384. The van der Waals surface area contributed by atoms with E-state index in [1.165, 1.54) is 6.07 Å². The van der Waals surface area contributed by atoms with Gasteiger partial charge in [-0.25, -0.2) is 0 Å². The van der Waals surface area contributed by atoms with Crippen LogP contribution in [0.2, 0.25) is 0 Å². The van der Waals surface area contributed by atoms with E-state index in [0.29, 0.717) is 51.4 Å². The van der Waals surface area contributed by atoms with Crippen molar-refractivity contribution in [1.82, 2.24) is 9.80 Å². The Morgan fingerprint density at radius 1 is 1.21 bits per heavy atom. The number of ether oxygens (including phenoxy) is 1. The highest BCUT2D eigenvalue weighted by Crippen LogP contribution is 2.23. The largest absolute Gasteiger partial charge is 0.411 e. The maximum Gasteiger partial charge on any atom is 0.411 e. The molecule has 1 N–H and O–H groups in total. The molecule has 1 amide bonds. The molecule has 2 rings (SSSR count). The summed E-state index contributed by atoms with van der Waals surface area (Å²) < 4.78 is 40.6. The molecule has 1 fully saturated rings. The standard InChI is InChI=1S/C18H25F3N4O4/c19-18(20,21)14-29-13-3-8-23-9-11-24(12-10-23)17(26)6-7-22-15-4-1-2-5-16(15)25(27)28/h1-2,4-5,22H,3,6-14H2. The van der Waals surface area contributed by atoms with Crippen LogP contribution < -0.4 is 5.32 Å². The highest BCUT2D eigenvalue weighted by Gasteiger charge is 2.27. The van der Waals surface area contributed by atoms with E-state index < -0.39 is 17.7 Å². The summed E-state index contributed by atoms with van der Waals surface area (Å²) in [6.07, 6.45) is -3.58. The molecule has 0 radical (unpaired) electrons. The van der Waals surface area contributed by atoms with E-state index >= 15 is 0 Å². The Morgan fingerprint density at radius 3 is 2.55 bits per heavy atom. The molecule has 1 aliphatic heterocycles. The number of piperazine rings is 1. The van der Waals surface area contributed by atoms with Crippen LogP contribution in [-0.2, 0) is 9.53 Å². The molecule has 1 heterocycles. The van der Waals surface area contributed by atoms with Gasteiger partial charge in [0.05, 0.1) is 4.92 Å². The molecule has 0 spiro atoms. The van der Waals surface area contributed by atoms with Crippen LogP contribution in [0.25, 0.3) is 0 Å². The van der Waals surface area contributed by atoms with Gasteiger partial charge in [0, 0.05) is 58.4 Å². The monoisotopic (exact) mass is 418 g/mol. The minimum absolute atomic E-state index is 0.0345. The number of nitro benzene ring substituents is 1. The zero-order chi connectivity index (χ0) is 21.3. The van der Waals surface area contributed by atoms with Gasteiger partial charge in [-0.15, -0.1) is 0 Å². The summed E-state index contributed by atoms with van der Waals surface area (Å²) in [5.41, 5.74) is 0.343. The van der Waals surface area contributed by atoms with Gasteiger partial charge in [-0.05, 0) is 12.5 Å². The van der Waals surface area contributed by atoms with Gasteiger partial charge in [-0.3, -0.25) is 19.8 Å². The Balaban J connectivity index is 1.62. The van der Waals surface area contributed by atoms with Crippen LogP contribution in [0.5, 0.6) is 0 Å². The van der Waals surface area contributed by atoms with Crippen LogP contribution in [0, 0.1) is 10.1 Å². The molecule has 1 aliphatic rings. The van der Waals surface area contributed by atoms with Crippen molar-refractivity contribution in [3.05, 3.63) is 34.4 Å². The van der Waals surface area contributed by atoms with E-state index in [9.17, 15) is 28.1 Å². The Labute approximate surface area is 166 Å². The van der Waals surface area contributed by atoms with Crippen molar-refractivity contribution in [2.24, 2.45) is 0 Å². The van der Waals surface area contributed by atoms with Crippen molar-refractivity contribution in [2.75, 3.05) is 57.8 Å². The minimum Gasteiger partial charge on any atom is -0.379 e. The molecule has 162 valence electrons. The third-order valence-electron chi connectivity index (χ3n) is 4.51. The van der Waals surface area contributed by atoms with Gasteiger partial charge in [0.25, 0.3) is 5.69 Å². The molecule has 8 nitrogen and oxygen atoms in total. The number of benzene rings is 1. The number of hydrogen-bond acceptors (Lipinski definition) is 6. The van der Waals surface area contributed by atoms with Crippen molar-refractivity contribution in [2.45, 2.75) is 19.0 Å². The van der Waals surface area contributed by atoms with Crippen molar-refractivity contribution in [3.63, 3.8) is 0 Å². The van der Waals surface area contributed by atoms with Gasteiger partial charge >= 0.3 is 6.18 Å². The molecule has 1 aromatic rings. The lowest BCUT2D eigenvalue weighted by Gasteiger charge is -2.34. The molecule has 0 aromatic heterocycles. The molecular weight excluding hydrogens is 393 g/mol. The number of amides is 1. The van der Waals surface area contributed by atoms with Gasteiger partial charge in [0.1, 0.15) is 12.3 Å². The van der Waals surface area contributed by atoms with Crippen LogP contribution in [0.4, 0.5) is 24.5 Å². The van der Waals surface area contributed by atoms with E-state index in [0.717, 1.165) is 0 Å². The summed E-state index contributed by atoms with van der Waals surface area (Å²) in [5, 5.41) is 13.9. The van der Waals surface area contributed by atoms with Gasteiger partial charge in [0.15, 0.2) is 0 Å². The molecule has 11 heteroatoms. The average Bonchev–Trinajstić information content (AvgIpc) is 2.67. The van der Waals surface area contributed by atoms with Crippen molar-refractivity contribution >= 4 is 17.3 Å². The Bertz CT molecular complexity index is 679. The quantitative estimate of drug-likeness (QED) is 0.357. The summed E-state index contributed by atoms with van der Waals surface area (Å²) in [6.45, 7) is 2.15. The van der Waals surface area contributed by atoms with E-state index in [1.54, 1.807) is 23.1 Å². The molecule has 1 saturated heterocycles. The number of halogens is 3. The summed E-state index contributed by atoms with van der Waals surface area (Å²) >= 11 is 0. The van der Waals surface area contributed by atoms with Gasteiger partial charge in [0.2, 0.25) is 5.91 Å². The van der Waals surface area contributed by atoms with Crippen molar-refractivity contribution in [1.29, 1.82) is 0 Å². The number of hydrogen-bond donors (Lipinski definition) is 1. The number of alkyl halides is 3. The molecule has 0 aliphatic carbocycles. The smallest absolute Gasteiger partial charge is 0.379 e. The predicted octanol–water partition coefficient (Wildman–Crippen LogP) is 2.51. The zero-order valence-corrected chi connectivity index (χ0v) is 16.0. The minimum atomic E-state index is -4.30. The first-order valence-corrected chi connectivity index (χ1v) is 9.38. The van der Waals surface area contributed by atoms with Crippen LogP contribution in [0.15, 0.2) is 24.3 Å². The summed E-state index contributed by atoms with van der Waals surface area (Å²) in [4.78, 5) is 26.6. The van der Waals surface area contributed by atoms with E-state index in [1.807, 2.05) is 0 Å². The number of rotatable bonds is 10. The van der Waals surface area contributed by atoms with Gasteiger partial charge < -0.3 is 15.0 Å². The first-order chi connectivity index (χ1) is 13.8. The third-order valence-corrected chi connectivity index (χ3v) is 4.51. The Kier molecular flexibility index (Phi) is 8.65. The number of para-hydroxylation sites is 2. The first kappa shape index (κ1) is 22.9. The molecule has 29 heavy (non-hydrogen) atoms. The summed E-state index contributed by atoms with van der Waals surface area (Å²) in [7, 11) is 0. The lowest BCUT2D eigenvalue weighted by Crippen LogP contribution is -2.49. The number of carbonyl (C=O) groups is 1. The molecule has 1 aromatic carbocycles. The normalized spacial score (nSPS) is 15.3. The number of nitrogens with one attached hydrogen (secondary N) is 1. The highest BCUT2D eigenvalue weighted by atomic mass is 19.4. The fourth-order valence-corrected chi connectivity index (χ4v) is 3.04. The number of nitro groups is 1. The zero-order valence-electron chi connectivity index (χ0n) is 16.0. The van der Waals surface area contributed by atoms with E-state index in [4.69, 9.17) is 0 Å². The van der Waals surface area contributed by atoms with Gasteiger partial charge in [-0.2, -0.15) is 13.2 Å². The van der Waals surface area contributed by atoms with Gasteiger partial charge in [-0.1, -0.05) is 12.1 Å². The predicted molar refractivity (Wildman–Crippen MR) is 101 cm³/mol. The average molecular weight is 418 g/mol. The SMILES string of the molecule is O=C(CCNc1ccccc1[N+](=O)[O-])N1CCN(CCCOCC(F)(F)F)CC1. The maximum absolute atomic E-state index is 12.3. The molecule has 0 saturated carbocycles. The van der Waals surface area contributed by atoms with Crippen LogP contribution in [-0.4, -0.2) is 79.3 Å². The number of nitrogens with zero attached hydrogens (tertiary/aromatic N) is 3.